The Bertz CT molecular complexity index is 1090. The molecular formula is C21H24FN5O2. The topological polar surface area (TPSA) is 83.0 Å². The van der Waals surface area contributed by atoms with E-state index in [0.717, 1.165) is 43.6 Å². The number of nitrogens with one attached hydrogen (secondary N) is 2. The highest BCUT2D eigenvalue weighted by Gasteiger charge is 2.19. The summed E-state index contributed by atoms with van der Waals surface area (Å²) in [7, 11) is 0. The normalized spacial score (nSPS) is 14.3. The van der Waals surface area contributed by atoms with Crippen molar-refractivity contribution in [2.75, 3.05) is 19.6 Å². The zero-order chi connectivity index (χ0) is 20.4. The summed E-state index contributed by atoms with van der Waals surface area (Å²) in [4.78, 5) is 29.0. The number of amides is 1. The number of pyridine rings is 1. The maximum atomic E-state index is 13.2. The number of hydrogen-bond acceptors (Lipinski definition) is 4. The zero-order valence-corrected chi connectivity index (χ0v) is 16.4. The van der Waals surface area contributed by atoms with E-state index in [2.05, 4.69) is 15.4 Å². The number of nitrogens with zero attached hydrogens (tertiary/aromatic N) is 3. The summed E-state index contributed by atoms with van der Waals surface area (Å²) in [6.45, 7) is 4.66. The van der Waals surface area contributed by atoms with E-state index in [4.69, 9.17) is 0 Å². The third kappa shape index (κ3) is 4.07. The number of aromatic amines is 1. The molecule has 0 saturated carbocycles. The SMILES string of the molecule is Cc1nn(-c2ccc(F)cc2)c2[nH]c(=O)c(CNCCCN3CCCC3=O)cc12. The molecule has 0 unspecified atom stereocenters. The molecule has 1 aliphatic heterocycles. The second kappa shape index (κ2) is 8.16. The molecule has 1 amide bonds. The molecule has 0 spiro atoms. The van der Waals surface area contributed by atoms with E-state index in [1.165, 1.54) is 12.1 Å². The molecule has 2 N–H and O–H groups in total. The lowest BCUT2D eigenvalue weighted by molar-refractivity contribution is -0.127. The summed E-state index contributed by atoms with van der Waals surface area (Å²) in [5, 5.41) is 8.64. The lowest BCUT2D eigenvalue weighted by atomic mass is 10.2. The average Bonchev–Trinajstić information content (AvgIpc) is 3.25. The van der Waals surface area contributed by atoms with Gasteiger partial charge in [0.25, 0.3) is 5.56 Å². The van der Waals surface area contributed by atoms with Crippen molar-refractivity contribution >= 4 is 16.9 Å². The first-order valence-electron chi connectivity index (χ1n) is 9.89. The lowest BCUT2D eigenvalue weighted by Gasteiger charge is -2.15. The molecule has 1 fully saturated rings. The summed E-state index contributed by atoms with van der Waals surface area (Å²) in [6.07, 6.45) is 2.47. The molecule has 29 heavy (non-hydrogen) atoms. The van der Waals surface area contributed by atoms with Gasteiger partial charge in [-0.15, -0.1) is 0 Å². The summed E-state index contributed by atoms with van der Waals surface area (Å²) in [6, 6.07) is 7.84. The van der Waals surface area contributed by atoms with Crippen LogP contribution in [-0.4, -0.2) is 45.2 Å². The quantitative estimate of drug-likeness (QED) is 0.599. The number of fused-ring (bicyclic) bond motifs is 1. The molecule has 152 valence electrons. The highest BCUT2D eigenvalue weighted by molar-refractivity contribution is 5.80. The van der Waals surface area contributed by atoms with Crippen molar-refractivity contribution in [2.24, 2.45) is 0 Å². The number of benzene rings is 1. The Kier molecular flexibility index (Phi) is 5.44. The Hall–Kier alpha value is -3.00. The maximum Gasteiger partial charge on any atom is 0.254 e. The maximum absolute atomic E-state index is 13.2. The number of aryl methyl sites for hydroxylation is 1. The Morgan fingerprint density at radius 2 is 2.03 bits per heavy atom. The van der Waals surface area contributed by atoms with Gasteiger partial charge >= 0.3 is 0 Å². The molecule has 2 aromatic heterocycles. The van der Waals surface area contributed by atoms with Gasteiger partial charge in [0.15, 0.2) is 0 Å². The Balaban J connectivity index is 1.45. The lowest BCUT2D eigenvalue weighted by Crippen LogP contribution is -2.29. The van der Waals surface area contributed by atoms with Crippen LogP contribution >= 0.6 is 0 Å². The molecule has 0 bridgehead atoms. The number of halogens is 1. The highest BCUT2D eigenvalue weighted by atomic mass is 19.1. The van der Waals surface area contributed by atoms with E-state index in [1.807, 2.05) is 17.9 Å². The van der Waals surface area contributed by atoms with Gasteiger partial charge < -0.3 is 15.2 Å². The van der Waals surface area contributed by atoms with Crippen LogP contribution in [-0.2, 0) is 11.3 Å². The van der Waals surface area contributed by atoms with Crippen LogP contribution in [0.4, 0.5) is 4.39 Å². The molecule has 1 saturated heterocycles. The number of carbonyl (C=O) groups is 1. The van der Waals surface area contributed by atoms with Crippen LogP contribution in [0.25, 0.3) is 16.7 Å². The monoisotopic (exact) mass is 397 g/mol. The predicted octanol–water partition coefficient (Wildman–Crippen LogP) is 2.26. The van der Waals surface area contributed by atoms with Gasteiger partial charge in [0.1, 0.15) is 11.5 Å². The fourth-order valence-electron chi connectivity index (χ4n) is 3.72. The van der Waals surface area contributed by atoms with Crippen molar-refractivity contribution in [3.05, 3.63) is 57.8 Å². The minimum absolute atomic E-state index is 0.178. The number of aromatic nitrogens is 3. The molecule has 3 aromatic rings. The van der Waals surface area contributed by atoms with Gasteiger partial charge in [0, 0.05) is 37.0 Å². The van der Waals surface area contributed by atoms with Crippen molar-refractivity contribution in [1.82, 2.24) is 25.0 Å². The number of H-pyrrole nitrogens is 1. The van der Waals surface area contributed by atoms with Crippen molar-refractivity contribution in [3.63, 3.8) is 0 Å². The number of carbonyl (C=O) groups excluding carboxylic acids is 1. The Morgan fingerprint density at radius 1 is 1.24 bits per heavy atom. The molecule has 3 heterocycles. The third-order valence-electron chi connectivity index (χ3n) is 5.29. The summed E-state index contributed by atoms with van der Waals surface area (Å²) in [5.74, 6) is -0.0848. The van der Waals surface area contributed by atoms with Gasteiger partial charge in [-0.25, -0.2) is 9.07 Å². The summed E-state index contributed by atoms with van der Waals surface area (Å²) >= 11 is 0. The first kappa shape index (κ1) is 19.3. The third-order valence-corrected chi connectivity index (χ3v) is 5.29. The second-order valence-electron chi connectivity index (χ2n) is 7.37. The smallest absolute Gasteiger partial charge is 0.254 e. The van der Waals surface area contributed by atoms with E-state index in [9.17, 15) is 14.0 Å². The molecule has 1 aliphatic rings. The van der Waals surface area contributed by atoms with Gasteiger partial charge in [-0.2, -0.15) is 5.10 Å². The Labute approximate surface area is 167 Å². The molecule has 7 nitrogen and oxygen atoms in total. The van der Waals surface area contributed by atoms with E-state index < -0.39 is 0 Å². The van der Waals surface area contributed by atoms with Gasteiger partial charge in [-0.1, -0.05) is 0 Å². The molecule has 4 rings (SSSR count). The minimum Gasteiger partial charge on any atom is -0.343 e. The Morgan fingerprint density at radius 3 is 2.76 bits per heavy atom. The van der Waals surface area contributed by atoms with Crippen LogP contribution in [0, 0.1) is 12.7 Å². The predicted molar refractivity (Wildman–Crippen MR) is 109 cm³/mol. The van der Waals surface area contributed by atoms with E-state index in [-0.39, 0.29) is 17.3 Å². The van der Waals surface area contributed by atoms with E-state index in [0.29, 0.717) is 29.9 Å². The first-order valence-corrected chi connectivity index (χ1v) is 9.89. The largest absolute Gasteiger partial charge is 0.343 e. The van der Waals surface area contributed by atoms with Crippen molar-refractivity contribution in [1.29, 1.82) is 0 Å². The van der Waals surface area contributed by atoms with Gasteiger partial charge in [-0.3, -0.25) is 9.59 Å². The molecule has 1 aromatic carbocycles. The zero-order valence-electron chi connectivity index (χ0n) is 16.4. The standard InChI is InChI=1S/C21H24FN5O2/c1-14-18-12-15(13-23-9-3-11-26-10-2-4-19(26)28)21(29)24-20(18)27(25-14)17-7-5-16(22)6-8-17/h5-8,12,23H,2-4,9-11,13H2,1H3,(H,24,29). The van der Waals surface area contributed by atoms with Crippen molar-refractivity contribution < 1.29 is 9.18 Å². The fourth-order valence-corrected chi connectivity index (χ4v) is 3.72. The average molecular weight is 397 g/mol. The fraction of sp³-hybridized carbons (Fsp3) is 0.381. The molecule has 8 heteroatoms. The van der Waals surface area contributed by atoms with Crippen molar-refractivity contribution in [2.45, 2.75) is 32.7 Å². The van der Waals surface area contributed by atoms with Crippen LogP contribution in [0.15, 0.2) is 35.1 Å². The number of likely N-dealkylation sites (tertiary alicyclic amines) is 1. The number of hydrogen-bond donors (Lipinski definition) is 2. The second-order valence-corrected chi connectivity index (χ2v) is 7.37. The van der Waals surface area contributed by atoms with Crippen LogP contribution in [0.5, 0.6) is 0 Å². The molecule has 0 radical (unpaired) electrons. The van der Waals surface area contributed by atoms with Crippen LogP contribution in [0.1, 0.15) is 30.5 Å². The van der Waals surface area contributed by atoms with Crippen LogP contribution in [0.3, 0.4) is 0 Å². The highest BCUT2D eigenvalue weighted by Crippen LogP contribution is 2.20. The molecule has 0 aliphatic carbocycles. The van der Waals surface area contributed by atoms with Crippen molar-refractivity contribution in [3.8, 4) is 5.69 Å². The van der Waals surface area contributed by atoms with E-state index in [1.54, 1.807) is 16.8 Å². The van der Waals surface area contributed by atoms with Gasteiger partial charge in [0.05, 0.1) is 11.4 Å². The van der Waals surface area contributed by atoms with Crippen LogP contribution in [0.2, 0.25) is 0 Å². The van der Waals surface area contributed by atoms with Gasteiger partial charge in [-0.05, 0) is 56.6 Å². The summed E-state index contributed by atoms with van der Waals surface area (Å²) < 4.78 is 14.8. The summed E-state index contributed by atoms with van der Waals surface area (Å²) in [5.41, 5.74) is 2.52. The minimum atomic E-state index is -0.321. The van der Waals surface area contributed by atoms with Crippen LogP contribution < -0.4 is 10.9 Å². The molecular weight excluding hydrogens is 373 g/mol. The number of rotatable bonds is 7. The first-order chi connectivity index (χ1) is 14.0. The van der Waals surface area contributed by atoms with E-state index >= 15 is 0 Å². The van der Waals surface area contributed by atoms with Gasteiger partial charge in [0.2, 0.25) is 5.91 Å². The molecule has 0 atom stereocenters.